The molecule has 0 unspecified atom stereocenters. The molecule has 0 amide bonds. The summed E-state index contributed by atoms with van der Waals surface area (Å²) < 4.78 is 2.15. The molecule has 0 aromatic carbocycles. The summed E-state index contributed by atoms with van der Waals surface area (Å²) in [6, 6.07) is 0.332. The lowest BCUT2D eigenvalue weighted by Gasteiger charge is -2.27. The highest BCUT2D eigenvalue weighted by atomic mass is 16.3. The van der Waals surface area contributed by atoms with Crippen LogP contribution in [0.25, 0.3) is 0 Å². The second kappa shape index (κ2) is 5.57. The van der Waals surface area contributed by atoms with Crippen LogP contribution in [-0.4, -0.2) is 26.5 Å². The number of nitrogens with two attached hydrogens (primary N) is 1. The SMILES string of the molecule is C=C(N)/N=C(/C)c1ncn([C@H]2CCC[C@@H](O)C2)c1C. The lowest BCUT2D eigenvalue weighted by atomic mass is 9.92. The molecule has 0 spiro atoms. The maximum absolute atomic E-state index is 9.78. The van der Waals surface area contributed by atoms with E-state index in [1.54, 1.807) is 0 Å². The number of aliphatic hydroxyl groups is 1. The largest absolute Gasteiger partial charge is 0.393 e. The summed E-state index contributed by atoms with van der Waals surface area (Å²) in [4.78, 5) is 8.58. The second-order valence-electron chi connectivity index (χ2n) is 5.25. The van der Waals surface area contributed by atoms with Gasteiger partial charge in [0, 0.05) is 11.7 Å². The smallest absolute Gasteiger partial charge is 0.116 e. The molecule has 104 valence electrons. The van der Waals surface area contributed by atoms with Gasteiger partial charge in [0.15, 0.2) is 0 Å². The minimum atomic E-state index is -0.192. The van der Waals surface area contributed by atoms with Crippen LogP contribution in [-0.2, 0) is 0 Å². The van der Waals surface area contributed by atoms with E-state index in [9.17, 15) is 5.11 Å². The van der Waals surface area contributed by atoms with Crippen LogP contribution in [0.15, 0.2) is 23.7 Å². The number of rotatable bonds is 3. The van der Waals surface area contributed by atoms with E-state index in [4.69, 9.17) is 5.73 Å². The van der Waals surface area contributed by atoms with Gasteiger partial charge in [0.25, 0.3) is 0 Å². The molecule has 3 N–H and O–H groups in total. The molecule has 1 heterocycles. The first-order chi connectivity index (χ1) is 8.99. The molecule has 5 nitrogen and oxygen atoms in total. The molecule has 1 aromatic rings. The van der Waals surface area contributed by atoms with Crippen LogP contribution >= 0.6 is 0 Å². The number of aliphatic hydroxyl groups excluding tert-OH is 1. The second-order valence-corrected chi connectivity index (χ2v) is 5.25. The molecule has 1 aromatic heterocycles. The highest BCUT2D eigenvalue weighted by molar-refractivity contribution is 5.98. The highest BCUT2D eigenvalue weighted by Crippen LogP contribution is 2.30. The summed E-state index contributed by atoms with van der Waals surface area (Å²) in [6.45, 7) is 7.49. The summed E-state index contributed by atoms with van der Waals surface area (Å²) in [7, 11) is 0. The Morgan fingerprint density at radius 3 is 2.95 bits per heavy atom. The van der Waals surface area contributed by atoms with Crippen LogP contribution in [0.2, 0.25) is 0 Å². The Hall–Kier alpha value is -1.62. The minimum Gasteiger partial charge on any atom is -0.393 e. The van der Waals surface area contributed by atoms with E-state index in [1.165, 1.54) is 0 Å². The zero-order chi connectivity index (χ0) is 14.0. The Labute approximate surface area is 113 Å². The van der Waals surface area contributed by atoms with E-state index in [0.717, 1.165) is 42.8 Å². The standard InChI is InChI=1S/C14H22N4O/c1-9(17-11(3)15)14-10(2)18(8-16-14)12-5-4-6-13(19)7-12/h8,12-13,19H,3-7,15H2,1-2H3/b17-9-/t12-,13+/m0/s1. The lowest BCUT2D eigenvalue weighted by Crippen LogP contribution is -2.22. The first-order valence-electron chi connectivity index (χ1n) is 6.70. The van der Waals surface area contributed by atoms with Crippen molar-refractivity contribution in [2.75, 3.05) is 0 Å². The van der Waals surface area contributed by atoms with Gasteiger partial charge < -0.3 is 15.4 Å². The van der Waals surface area contributed by atoms with E-state index >= 15 is 0 Å². The Morgan fingerprint density at radius 1 is 1.58 bits per heavy atom. The van der Waals surface area contributed by atoms with Crippen LogP contribution in [0.4, 0.5) is 0 Å². The van der Waals surface area contributed by atoms with Gasteiger partial charge in [0.05, 0.1) is 18.1 Å². The van der Waals surface area contributed by atoms with Crippen molar-refractivity contribution in [3.8, 4) is 0 Å². The zero-order valence-electron chi connectivity index (χ0n) is 11.6. The third-order valence-corrected chi connectivity index (χ3v) is 3.71. The predicted molar refractivity (Wildman–Crippen MR) is 76.0 cm³/mol. The summed E-state index contributed by atoms with van der Waals surface area (Å²) in [6.07, 6.45) is 5.51. The molecule has 5 heteroatoms. The molecule has 1 fully saturated rings. The molecule has 0 saturated heterocycles. The van der Waals surface area contributed by atoms with E-state index < -0.39 is 0 Å². The Kier molecular flexibility index (Phi) is 4.04. The molecule has 0 radical (unpaired) electrons. The summed E-state index contributed by atoms with van der Waals surface area (Å²) in [5, 5.41) is 9.78. The van der Waals surface area contributed by atoms with Gasteiger partial charge in [-0.3, -0.25) is 0 Å². The van der Waals surface area contributed by atoms with Crippen molar-refractivity contribution in [2.24, 2.45) is 10.7 Å². The van der Waals surface area contributed by atoms with Crippen LogP contribution in [0.5, 0.6) is 0 Å². The van der Waals surface area contributed by atoms with Gasteiger partial charge in [-0.15, -0.1) is 0 Å². The Balaban J connectivity index is 2.25. The number of aromatic nitrogens is 2. The van der Waals surface area contributed by atoms with Crippen LogP contribution in [0, 0.1) is 6.92 Å². The third-order valence-electron chi connectivity index (χ3n) is 3.71. The molecular formula is C14H22N4O. The fourth-order valence-electron chi connectivity index (χ4n) is 2.81. The van der Waals surface area contributed by atoms with E-state index in [0.29, 0.717) is 11.9 Å². The number of imidazole rings is 1. The molecule has 1 saturated carbocycles. The highest BCUT2D eigenvalue weighted by Gasteiger charge is 2.23. The summed E-state index contributed by atoms with van der Waals surface area (Å²) >= 11 is 0. The van der Waals surface area contributed by atoms with Crippen LogP contribution < -0.4 is 5.73 Å². The molecule has 2 atom stereocenters. The lowest BCUT2D eigenvalue weighted by molar-refractivity contribution is 0.103. The maximum Gasteiger partial charge on any atom is 0.116 e. The van der Waals surface area contributed by atoms with Gasteiger partial charge in [-0.25, -0.2) is 9.98 Å². The number of nitrogens with zero attached hydrogens (tertiary/aromatic N) is 3. The molecule has 1 aliphatic carbocycles. The van der Waals surface area contributed by atoms with Crippen molar-refractivity contribution in [3.63, 3.8) is 0 Å². The first-order valence-corrected chi connectivity index (χ1v) is 6.70. The van der Waals surface area contributed by atoms with Crippen molar-refractivity contribution in [3.05, 3.63) is 30.1 Å². The van der Waals surface area contributed by atoms with E-state index in [2.05, 4.69) is 21.1 Å². The molecule has 19 heavy (non-hydrogen) atoms. The number of hydrogen-bond donors (Lipinski definition) is 2. The average Bonchev–Trinajstić information content (AvgIpc) is 2.70. The van der Waals surface area contributed by atoms with E-state index in [1.807, 2.05) is 20.2 Å². The van der Waals surface area contributed by atoms with Crippen LogP contribution in [0.3, 0.4) is 0 Å². The normalized spacial score (nSPS) is 24.5. The quantitative estimate of drug-likeness (QED) is 0.817. The Bertz CT molecular complexity index is 504. The number of aliphatic imine (C=N–C) groups is 1. The van der Waals surface area contributed by atoms with Gasteiger partial charge in [-0.1, -0.05) is 6.58 Å². The van der Waals surface area contributed by atoms with Crippen molar-refractivity contribution >= 4 is 5.71 Å². The third kappa shape index (κ3) is 3.04. The molecule has 1 aliphatic rings. The fraction of sp³-hybridized carbons (Fsp3) is 0.571. The summed E-state index contributed by atoms with van der Waals surface area (Å²) in [5.74, 6) is 0.291. The summed E-state index contributed by atoms with van der Waals surface area (Å²) in [5.41, 5.74) is 8.20. The molecular weight excluding hydrogens is 240 g/mol. The van der Waals surface area contributed by atoms with Crippen molar-refractivity contribution in [1.29, 1.82) is 0 Å². The maximum atomic E-state index is 9.78. The van der Waals surface area contributed by atoms with Gasteiger partial charge in [0.2, 0.25) is 0 Å². The van der Waals surface area contributed by atoms with Gasteiger partial charge in [-0.2, -0.15) is 0 Å². The minimum absolute atomic E-state index is 0.192. The van der Waals surface area contributed by atoms with Gasteiger partial charge >= 0.3 is 0 Å². The van der Waals surface area contributed by atoms with Gasteiger partial charge in [-0.05, 0) is 39.5 Å². The predicted octanol–water partition coefficient (Wildman–Crippen LogP) is 1.91. The van der Waals surface area contributed by atoms with Crippen LogP contribution in [0.1, 0.15) is 50.0 Å². The van der Waals surface area contributed by atoms with Crippen molar-refractivity contribution in [1.82, 2.24) is 9.55 Å². The molecule has 0 bridgehead atoms. The molecule has 0 aliphatic heterocycles. The van der Waals surface area contributed by atoms with Crippen molar-refractivity contribution in [2.45, 2.75) is 51.7 Å². The average molecular weight is 262 g/mol. The topological polar surface area (TPSA) is 76.4 Å². The van der Waals surface area contributed by atoms with E-state index in [-0.39, 0.29) is 6.10 Å². The first kappa shape index (κ1) is 13.8. The fourth-order valence-corrected chi connectivity index (χ4v) is 2.81. The molecule has 2 rings (SSSR count). The number of hydrogen-bond acceptors (Lipinski definition) is 4. The monoisotopic (exact) mass is 262 g/mol. The van der Waals surface area contributed by atoms with Crippen molar-refractivity contribution < 1.29 is 5.11 Å². The van der Waals surface area contributed by atoms with Gasteiger partial charge in [0.1, 0.15) is 11.5 Å². The Morgan fingerprint density at radius 2 is 2.32 bits per heavy atom. The zero-order valence-corrected chi connectivity index (χ0v) is 11.6.